The zero-order chi connectivity index (χ0) is 13.0. The Balaban J connectivity index is 1.95. The van der Waals surface area contributed by atoms with Gasteiger partial charge >= 0.3 is 0 Å². The van der Waals surface area contributed by atoms with E-state index in [1.807, 2.05) is 18.2 Å². The molecule has 3 nitrogen and oxygen atoms in total. The molecule has 0 spiro atoms. The van der Waals surface area contributed by atoms with Crippen molar-refractivity contribution in [3.63, 3.8) is 0 Å². The molecule has 100 valence electrons. The van der Waals surface area contributed by atoms with E-state index in [0.29, 0.717) is 17.8 Å². The summed E-state index contributed by atoms with van der Waals surface area (Å²) < 4.78 is 5.57. The molecule has 0 amide bonds. The van der Waals surface area contributed by atoms with Crippen LogP contribution in [0.1, 0.15) is 38.3 Å². The molecule has 1 saturated heterocycles. The number of hydrogen-bond donors (Lipinski definition) is 2. The fourth-order valence-electron chi connectivity index (χ4n) is 2.59. The topological polar surface area (TPSA) is 41.5 Å². The SMILES string of the molecule is CCC(NCC1CCOC1C)c1ccccc1O. The maximum Gasteiger partial charge on any atom is 0.120 e. The van der Waals surface area contributed by atoms with Gasteiger partial charge in [0.15, 0.2) is 0 Å². The van der Waals surface area contributed by atoms with Gasteiger partial charge in [0.2, 0.25) is 0 Å². The smallest absolute Gasteiger partial charge is 0.120 e. The van der Waals surface area contributed by atoms with Crippen molar-refractivity contribution in [2.75, 3.05) is 13.2 Å². The Bertz CT molecular complexity index is 381. The summed E-state index contributed by atoms with van der Waals surface area (Å²) in [5.41, 5.74) is 0.992. The lowest BCUT2D eigenvalue weighted by Gasteiger charge is -2.22. The van der Waals surface area contributed by atoms with Crippen LogP contribution >= 0.6 is 0 Å². The molecule has 0 bridgehead atoms. The highest BCUT2D eigenvalue weighted by atomic mass is 16.5. The largest absolute Gasteiger partial charge is 0.508 e. The molecule has 1 aliphatic heterocycles. The van der Waals surface area contributed by atoms with Gasteiger partial charge in [0.25, 0.3) is 0 Å². The number of nitrogens with one attached hydrogen (secondary N) is 1. The van der Waals surface area contributed by atoms with Crippen molar-refractivity contribution in [1.29, 1.82) is 0 Å². The molecule has 0 aromatic heterocycles. The van der Waals surface area contributed by atoms with Crippen LogP contribution in [0.2, 0.25) is 0 Å². The molecule has 2 N–H and O–H groups in total. The molecule has 1 aliphatic rings. The van der Waals surface area contributed by atoms with E-state index in [0.717, 1.165) is 31.6 Å². The quantitative estimate of drug-likeness (QED) is 0.843. The zero-order valence-electron chi connectivity index (χ0n) is 11.2. The Morgan fingerprint density at radius 3 is 2.83 bits per heavy atom. The van der Waals surface area contributed by atoms with Gasteiger partial charge in [-0.05, 0) is 31.7 Å². The van der Waals surface area contributed by atoms with Gasteiger partial charge < -0.3 is 15.2 Å². The number of para-hydroxylation sites is 1. The molecule has 2 rings (SSSR count). The minimum atomic E-state index is 0.221. The van der Waals surface area contributed by atoms with Crippen molar-refractivity contribution in [3.8, 4) is 5.75 Å². The molecular weight excluding hydrogens is 226 g/mol. The average Bonchev–Trinajstić information content (AvgIpc) is 2.78. The first-order chi connectivity index (χ1) is 8.72. The van der Waals surface area contributed by atoms with Gasteiger partial charge in [0, 0.05) is 24.8 Å². The lowest BCUT2D eigenvalue weighted by atomic mass is 9.99. The number of hydrogen-bond acceptors (Lipinski definition) is 3. The number of aromatic hydroxyl groups is 1. The van der Waals surface area contributed by atoms with E-state index in [4.69, 9.17) is 4.74 Å². The molecule has 0 aliphatic carbocycles. The molecule has 3 unspecified atom stereocenters. The summed E-state index contributed by atoms with van der Waals surface area (Å²) in [5, 5.41) is 13.5. The summed E-state index contributed by atoms with van der Waals surface area (Å²) >= 11 is 0. The molecule has 3 atom stereocenters. The van der Waals surface area contributed by atoms with Gasteiger partial charge in [0.05, 0.1) is 6.10 Å². The van der Waals surface area contributed by atoms with E-state index in [9.17, 15) is 5.11 Å². The van der Waals surface area contributed by atoms with Gasteiger partial charge in [-0.2, -0.15) is 0 Å². The van der Waals surface area contributed by atoms with E-state index in [2.05, 4.69) is 19.2 Å². The van der Waals surface area contributed by atoms with Crippen molar-refractivity contribution >= 4 is 0 Å². The van der Waals surface area contributed by atoms with Crippen molar-refractivity contribution < 1.29 is 9.84 Å². The Morgan fingerprint density at radius 2 is 2.22 bits per heavy atom. The molecule has 0 radical (unpaired) electrons. The summed E-state index contributed by atoms with van der Waals surface area (Å²) in [4.78, 5) is 0. The Morgan fingerprint density at radius 1 is 1.44 bits per heavy atom. The third kappa shape index (κ3) is 3.03. The van der Waals surface area contributed by atoms with Crippen molar-refractivity contribution in [3.05, 3.63) is 29.8 Å². The minimum Gasteiger partial charge on any atom is -0.508 e. The van der Waals surface area contributed by atoms with Crippen molar-refractivity contribution in [2.24, 2.45) is 5.92 Å². The normalized spacial score (nSPS) is 25.2. The number of ether oxygens (including phenoxy) is 1. The first kappa shape index (κ1) is 13.4. The predicted octanol–water partition coefficient (Wildman–Crippen LogP) is 2.86. The Hall–Kier alpha value is -1.06. The van der Waals surface area contributed by atoms with Crippen LogP contribution in [-0.2, 0) is 4.74 Å². The summed E-state index contributed by atoms with van der Waals surface area (Å²) in [6.07, 6.45) is 2.45. The third-order valence-corrected chi connectivity index (χ3v) is 3.88. The van der Waals surface area contributed by atoms with Crippen LogP contribution in [0.4, 0.5) is 0 Å². The lowest BCUT2D eigenvalue weighted by molar-refractivity contribution is 0.105. The maximum atomic E-state index is 9.89. The molecule has 1 aromatic carbocycles. The van der Waals surface area contributed by atoms with E-state index < -0.39 is 0 Å². The standard InChI is InChI=1S/C15H23NO2/c1-3-14(13-6-4-5-7-15(13)17)16-10-12-8-9-18-11(12)2/h4-7,11-12,14,16-17H,3,8-10H2,1-2H3. The molecule has 3 heteroatoms. The third-order valence-electron chi connectivity index (χ3n) is 3.88. The second-order valence-electron chi connectivity index (χ2n) is 5.05. The predicted molar refractivity (Wildman–Crippen MR) is 72.7 cm³/mol. The summed E-state index contributed by atoms with van der Waals surface area (Å²) in [6.45, 7) is 6.11. The molecular formula is C15H23NO2. The van der Waals surface area contributed by atoms with Crippen LogP contribution in [0.25, 0.3) is 0 Å². The highest BCUT2D eigenvalue weighted by Crippen LogP contribution is 2.27. The molecule has 1 aromatic rings. The monoisotopic (exact) mass is 249 g/mol. The number of phenols is 1. The number of benzene rings is 1. The van der Waals surface area contributed by atoms with Crippen LogP contribution in [-0.4, -0.2) is 24.4 Å². The number of phenolic OH excluding ortho intramolecular Hbond substituents is 1. The first-order valence-electron chi connectivity index (χ1n) is 6.85. The second-order valence-corrected chi connectivity index (χ2v) is 5.05. The molecule has 18 heavy (non-hydrogen) atoms. The maximum absolute atomic E-state index is 9.89. The molecule has 1 heterocycles. The van der Waals surface area contributed by atoms with Crippen LogP contribution in [0.15, 0.2) is 24.3 Å². The van der Waals surface area contributed by atoms with Crippen molar-refractivity contribution in [2.45, 2.75) is 38.8 Å². The van der Waals surface area contributed by atoms with E-state index in [-0.39, 0.29) is 6.04 Å². The van der Waals surface area contributed by atoms with E-state index in [1.165, 1.54) is 0 Å². The van der Waals surface area contributed by atoms with E-state index >= 15 is 0 Å². The highest BCUT2D eigenvalue weighted by molar-refractivity contribution is 5.34. The van der Waals surface area contributed by atoms with Gasteiger partial charge in [-0.3, -0.25) is 0 Å². The fraction of sp³-hybridized carbons (Fsp3) is 0.600. The summed E-state index contributed by atoms with van der Waals surface area (Å²) in [6, 6.07) is 7.80. The minimum absolute atomic E-state index is 0.221. The highest BCUT2D eigenvalue weighted by Gasteiger charge is 2.25. The van der Waals surface area contributed by atoms with Gasteiger partial charge in [-0.1, -0.05) is 25.1 Å². The second kappa shape index (κ2) is 6.21. The van der Waals surface area contributed by atoms with E-state index in [1.54, 1.807) is 6.07 Å². The Kier molecular flexibility index (Phi) is 4.61. The first-order valence-corrected chi connectivity index (χ1v) is 6.85. The van der Waals surface area contributed by atoms with Crippen molar-refractivity contribution in [1.82, 2.24) is 5.32 Å². The zero-order valence-corrected chi connectivity index (χ0v) is 11.2. The average molecular weight is 249 g/mol. The molecule has 0 saturated carbocycles. The fourth-order valence-corrected chi connectivity index (χ4v) is 2.59. The van der Waals surface area contributed by atoms with Gasteiger partial charge in [-0.25, -0.2) is 0 Å². The van der Waals surface area contributed by atoms with Crippen LogP contribution in [0.3, 0.4) is 0 Å². The van der Waals surface area contributed by atoms with Gasteiger partial charge in [0.1, 0.15) is 5.75 Å². The van der Waals surface area contributed by atoms with Gasteiger partial charge in [-0.15, -0.1) is 0 Å². The van der Waals surface area contributed by atoms with Crippen LogP contribution < -0.4 is 5.32 Å². The lowest BCUT2D eigenvalue weighted by Crippen LogP contribution is -2.30. The number of rotatable bonds is 5. The van der Waals surface area contributed by atoms with Crippen LogP contribution in [0, 0.1) is 5.92 Å². The Labute approximate surface area is 109 Å². The summed E-state index contributed by atoms with van der Waals surface area (Å²) in [5.74, 6) is 0.970. The molecule has 1 fully saturated rings. The summed E-state index contributed by atoms with van der Waals surface area (Å²) in [7, 11) is 0. The van der Waals surface area contributed by atoms with Crippen LogP contribution in [0.5, 0.6) is 5.75 Å².